The van der Waals surface area contributed by atoms with Crippen LogP contribution in [0.5, 0.6) is 0 Å². The van der Waals surface area contributed by atoms with E-state index in [0.29, 0.717) is 19.5 Å². The van der Waals surface area contributed by atoms with E-state index in [9.17, 15) is 14.0 Å². The van der Waals surface area contributed by atoms with Gasteiger partial charge in [-0.15, -0.1) is 0 Å². The van der Waals surface area contributed by atoms with Gasteiger partial charge in [0, 0.05) is 25.0 Å². The lowest BCUT2D eigenvalue weighted by molar-refractivity contribution is -0.131. The van der Waals surface area contributed by atoms with E-state index in [4.69, 9.17) is 11.6 Å². The molecule has 1 saturated heterocycles. The zero-order chi connectivity index (χ0) is 15.0. The topological polar surface area (TPSA) is 49.4 Å². The summed E-state index contributed by atoms with van der Waals surface area (Å²) in [5.74, 6) is -0.802. The van der Waals surface area contributed by atoms with E-state index in [2.05, 4.69) is 5.32 Å². The molecular weight excluding hydrogens is 295 g/mol. The molecule has 1 aliphatic heterocycles. The summed E-state index contributed by atoms with van der Waals surface area (Å²) in [6.07, 6.45) is 2.63. The number of carbonyl (C=O) groups excluding carboxylic acids is 2. The molecule has 1 aromatic rings. The van der Waals surface area contributed by atoms with Crippen molar-refractivity contribution in [2.45, 2.75) is 25.3 Å². The summed E-state index contributed by atoms with van der Waals surface area (Å²) in [6, 6.07) is 4.01. The number of amides is 2. The summed E-state index contributed by atoms with van der Waals surface area (Å²) in [4.78, 5) is 25.9. The Morgan fingerprint density at radius 2 is 2.05 bits per heavy atom. The van der Waals surface area contributed by atoms with Crippen molar-refractivity contribution in [2.75, 3.05) is 13.1 Å². The predicted octanol–water partition coefficient (Wildman–Crippen LogP) is 2.22. The quantitative estimate of drug-likeness (QED) is 0.930. The Hall–Kier alpha value is -1.62. The van der Waals surface area contributed by atoms with Crippen LogP contribution in [0.15, 0.2) is 18.2 Å². The molecular formula is C15H16ClFN2O2. The SMILES string of the molecule is O=C(NC1CCN(C(=O)C2CC2)C1)c1c(F)cccc1Cl. The lowest BCUT2D eigenvalue weighted by atomic mass is 10.1. The fourth-order valence-electron chi connectivity index (χ4n) is 2.64. The van der Waals surface area contributed by atoms with Gasteiger partial charge in [0.1, 0.15) is 5.82 Å². The minimum atomic E-state index is -0.635. The Bertz CT molecular complexity index is 569. The van der Waals surface area contributed by atoms with Crippen molar-refractivity contribution in [1.29, 1.82) is 0 Å². The molecule has 21 heavy (non-hydrogen) atoms. The number of hydrogen-bond acceptors (Lipinski definition) is 2. The summed E-state index contributed by atoms with van der Waals surface area (Å²) in [7, 11) is 0. The molecule has 1 unspecified atom stereocenters. The van der Waals surface area contributed by atoms with E-state index in [0.717, 1.165) is 12.8 Å². The van der Waals surface area contributed by atoms with E-state index in [1.807, 2.05) is 0 Å². The predicted molar refractivity (Wildman–Crippen MR) is 76.6 cm³/mol. The third-order valence-electron chi connectivity index (χ3n) is 3.95. The number of hydrogen-bond donors (Lipinski definition) is 1. The van der Waals surface area contributed by atoms with Crippen LogP contribution in [0, 0.1) is 11.7 Å². The molecule has 1 aliphatic carbocycles. The summed E-state index contributed by atoms with van der Waals surface area (Å²) in [5, 5.41) is 2.86. The first-order valence-electron chi connectivity index (χ1n) is 7.10. The molecule has 1 aromatic carbocycles. The van der Waals surface area contributed by atoms with Gasteiger partial charge >= 0.3 is 0 Å². The molecule has 1 heterocycles. The third-order valence-corrected chi connectivity index (χ3v) is 4.27. The van der Waals surface area contributed by atoms with Crippen molar-refractivity contribution < 1.29 is 14.0 Å². The van der Waals surface area contributed by atoms with Crippen LogP contribution >= 0.6 is 11.6 Å². The molecule has 0 bridgehead atoms. The number of carbonyl (C=O) groups is 2. The molecule has 0 aromatic heterocycles. The van der Waals surface area contributed by atoms with Gasteiger partial charge in [-0.05, 0) is 31.4 Å². The van der Waals surface area contributed by atoms with Crippen molar-refractivity contribution in [2.24, 2.45) is 5.92 Å². The number of nitrogens with zero attached hydrogens (tertiary/aromatic N) is 1. The van der Waals surface area contributed by atoms with Gasteiger partial charge in [-0.1, -0.05) is 17.7 Å². The molecule has 0 spiro atoms. The number of rotatable bonds is 3. The average Bonchev–Trinajstić information content (AvgIpc) is 3.18. The largest absolute Gasteiger partial charge is 0.347 e. The summed E-state index contributed by atoms with van der Waals surface area (Å²) >= 11 is 5.87. The second kappa shape index (κ2) is 5.64. The van der Waals surface area contributed by atoms with Crippen molar-refractivity contribution >= 4 is 23.4 Å². The minimum Gasteiger partial charge on any atom is -0.347 e. The van der Waals surface area contributed by atoms with Gasteiger partial charge in [0.25, 0.3) is 5.91 Å². The van der Waals surface area contributed by atoms with Crippen LogP contribution in [0.4, 0.5) is 4.39 Å². The van der Waals surface area contributed by atoms with E-state index in [1.54, 1.807) is 4.90 Å². The average molecular weight is 311 g/mol. The van der Waals surface area contributed by atoms with Crippen LogP contribution in [0.25, 0.3) is 0 Å². The fraction of sp³-hybridized carbons (Fsp3) is 0.467. The number of nitrogens with one attached hydrogen (secondary N) is 1. The Balaban J connectivity index is 1.62. The molecule has 2 amide bonds. The first-order valence-corrected chi connectivity index (χ1v) is 7.47. The molecule has 112 valence electrons. The monoisotopic (exact) mass is 310 g/mol. The molecule has 2 fully saturated rings. The first kappa shape index (κ1) is 14.3. The summed E-state index contributed by atoms with van der Waals surface area (Å²) in [5.41, 5.74) is -0.133. The highest BCUT2D eigenvalue weighted by Crippen LogP contribution is 2.32. The van der Waals surface area contributed by atoms with Crippen LogP contribution in [-0.2, 0) is 4.79 Å². The highest BCUT2D eigenvalue weighted by molar-refractivity contribution is 6.33. The van der Waals surface area contributed by atoms with Crippen molar-refractivity contribution in [3.8, 4) is 0 Å². The Labute approximate surface area is 127 Å². The Kier molecular flexibility index (Phi) is 3.85. The standard InChI is InChI=1S/C15H16ClFN2O2/c16-11-2-1-3-12(17)13(11)14(20)18-10-6-7-19(8-10)15(21)9-4-5-9/h1-3,9-10H,4-8H2,(H,18,20). The van der Waals surface area contributed by atoms with Gasteiger partial charge in [0.15, 0.2) is 0 Å². The normalized spacial score (nSPS) is 21.4. The maximum Gasteiger partial charge on any atom is 0.256 e. The number of halogens is 2. The molecule has 6 heteroatoms. The van der Waals surface area contributed by atoms with Crippen molar-refractivity contribution in [1.82, 2.24) is 10.2 Å². The third kappa shape index (κ3) is 3.02. The first-order chi connectivity index (χ1) is 10.1. The molecule has 1 N–H and O–H groups in total. The molecule has 2 aliphatic rings. The molecule has 1 atom stereocenters. The van der Waals surface area contributed by atoms with E-state index in [1.165, 1.54) is 18.2 Å². The van der Waals surface area contributed by atoms with Gasteiger partial charge in [-0.3, -0.25) is 9.59 Å². The van der Waals surface area contributed by atoms with Gasteiger partial charge < -0.3 is 10.2 Å². The van der Waals surface area contributed by atoms with Crippen LogP contribution in [0.3, 0.4) is 0 Å². The lowest BCUT2D eigenvalue weighted by Gasteiger charge is -2.17. The highest BCUT2D eigenvalue weighted by Gasteiger charge is 2.37. The second-order valence-corrected chi connectivity index (χ2v) is 6.02. The van der Waals surface area contributed by atoms with E-state index in [-0.39, 0.29) is 28.5 Å². The van der Waals surface area contributed by atoms with Gasteiger partial charge in [0.05, 0.1) is 10.6 Å². The summed E-state index contributed by atoms with van der Waals surface area (Å²) in [6.45, 7) is 1.14. The van der Waals surface area contributed by atoms with E-state index >= 15 is 0 Å². The maximum atomic E-state index is 13.7. The molecule has 3 rings (SSSR count). The molecule has 4 nitrogen and oxygen atoms in total. The summed E-state index contributed by atoms with van der Waals surface area (Å²) < 4.78 is 13.7. The number of likely N-dealkylation sites (tertiary alicyclic amines) is 1. The van der Waals surface area contributed by atoms with Crippen LogP contribution in [0.2, 0.25) is 5.02 Å². The zero-order valence-electron chi connectivity index (χ0n) is 11.4. The fourth-order valence-corrected chi connectivity index (χ4v) is 2.89. The lowest BCUT2D eigenvalue weighted by Crippen LogP contribution is -2.39. The van der Waals surface area contributed by atoms with Gasteiger partial charge in [-0.25, -0.2) is 4.39 Å². The Morgan fingerprint density at radius 1 is 1.29 bits per heavy atom. The van der Waals surface area contributed by atoms with Gasteiger partial charge in [0.2, 0.25) is 5.91 Å². The Morgan fingerprint density at radius 3 is 2.71 bits per heavy atom. The molecule has 0 radical (unpaired) electrons. The minimum absolute atomic E-state index is 0.0939. The van der Waals surface area contributed by atoms with Crippen LogP contribution < -0.4 is 5.32 Å². The zero-order valence-corrected chi connectivity index (χ0v) is 12.2. The number of benzene rings is 1. The highest BCUT2D eigenvalue weighted by atomic mass is 35.5. The van der Waals surface area contributed by atoms with Crippen molar-refractivity contribution in [3.63, 3.8) is 0 Å². The van der Waals surface area contributed by atoms with Gasteiger partial charge in [-0.2, -0.15) is 0 Å². The smallest absolute Gasteiger partial charge is 0.256 e. The van der Waals surface area contributed by atoms with Crippen LogP contribution in [-0.4, -0.2) is 35.8 Å². The molecule has 1 saturated carbocycles. The second-order valence-electron chi connectivity index (χ2n) is 5.61. The maximum absolute atomic E-state index is 13.7. The van der Waals surface area contributed by atoms with E-state index < -0.39 is 11.7 Å². The van der Waals surface area contributed by atoms with Crippen LogP contribution in [0.1, 0.15) is 29.6 Å². The van der Waals surface area contributed by atoms with Crippen molar-refractivity contribution in [3.05, 3.63) is 34.6 Å².